The highest BCUT2D eigenvalue weighted by molar-refractivity contribution is 5.33. The average molecular weight is 521 g/mol. The molecule has 36 heavy (non-hydrogen) atoms. The second kappa shape index (κ2) is 11.8. The molecule has 0 saturated heterocycles. The van der Waals surface area contributed by atoms with E-state index in [-0.39, 0.29) is 0 Å². The Kier molecular flexibility index (Phi) is 9.30. The number of benzene rings is 2. The molecule has 1 fully saturated rings. The molecule has 1 saturated carbocycles. The Hall–Kier alpha value is -2.29. The van der Waals surface area contributed by atoms with E-state index in [4.69, 9.17) is 4.74 Å². The van der Waals surface area contributed by atoms with Gasteiger partial charge in [0.1, 0.15) is 0 Å². The minimum Gasteiger partial charge on any atom is -0.399 e. The molecular formula is C27H31F7O2. The average Bonchev–Trinajstić information content (AvgIpc) is 2.81. The first-order valence-corrected chi connectivity index (χ1v) is 12.3. The van der Waals surface area contributed by atoms with E-state index in [1.54, 1.807) is 12.1 Å². The standard InChI is InChI=1S/C27H31F7O2/c1-3-4-5-6-18-7-9-19(10-8-18)20-11-13-22(14-12-20)26(30,31)35-17(2)21-15-23(28)25(24(29)16-21)36-27(32,33)34/h11-19H,3-10H2,1-2H3. The molecule has 3 rings (SSSR count). The topological polar surface area (TPSA) is 18.5 Å². The zero-order valence-corrected chi connectivity index (χ0v) is 20.3. The summed E-state index contributed by atoms with van der Waals surface area (Å²) in [6.07, 6.45) is -1.38. The fourth-order valence-electron chi connectivity index (χ4n) is 4.80. The number of hydrogen-bond donors (Lipinski definition) is 0. The maximum atomic E-state index is 14.8. The smallest absolute Gasteiger partial charge is 0.399 e. The third-order valence-corrected chi connectivity index (χ3v) is 6.81. The van der Waals surface area contributed by atoms with Gasteiger partial charge in [-0.2, -0.15) is 8.78 Å². The molecular weight excluding hydrogens is 489 g/mol. The van der Waals surface area contributed by atoms with Gasteiger partial charge in [-0.1, -0.05) is 56.9 Å². The molecule has 0 N–H and O–H groups in total. The molecule has 1 atom stereocenters. The van der Waals surface area contributed by atoms with Gasteiger partial charge in [0, 0.05) is 0 Å². The summed E-state index contributed by atoms with van der Waals surface area (Å²) in [4.78, 5) is 0. The fraction of sp³-hybridized carbons (Fsp3) is 0.556. The number of rotatable bonds is 10. The molecule has 9 heteroatoms. The van der Waals surface area contributed by atoms with Crippen LogP contribution in [0, 0.1) is 17.6 Å². The van der Waals surface area contributed by atoms with Crippen LogP contribution in [0.4, 0.5) is 30.7 Å². The summed E-state index contributed by atoms with van der Waals surface area (Å²) in [5, 5.41) is 0. The molecule has 2 aromatic rings. The van der Waals surface area contributed by atoms with E-state index in [1.165, 1.54) is 37.8 Å². The Labute approximate surface area is 206 Å². The van der Waals surface area contributed by atoms with Gasteiger partial charge in [0.05, 0.1) is 11.7 Å². The van der Waals surface area contributed by atoms with Crippen LogP contribution in [0.2, 0.25) is 0 Å². The van der Waals surface area contributed by atoms with Crippen molar-refractivity contribution in [2.75, 3.05) is 0 Å². The van der Waals surface area contributed by atoms with Gasteiger partial charge in [-0.25, -0.2) is 8.78 Å². The van der Waals surface area contributed by atoms with Gasteiger partial charge in [-0.15, -0.1) is 13.2 Å². The summed E-state index contributed by atoms with van der Waals surface area (Å²) in [5.74, 6) is -3.96. The van der Waals surface area contributed by atoms with Gasteiger partial charge >= 0.3 is 12.5 Å². The number of ether oxygens (including phenoxy) is 2. The number of halogens is 7. The lowest BCUT2D eigenvalue weighted by molar-refractivity contribution is -0.276. The van der Waals surface area contributed by atoms with Crippen molar-refractivity contribution < 1.29 is 40.2 Å². The molecule has 200 valence electrons. The van der Waals surface area contributed by atoms with Gasteiger partial charge in [-0.05, 0) is 67.7 Å². The Bertz CT molecular complexity index is 958. The molecule has 0 spiro atoms. The molecule has 0 amide bonds. The Morgan fingerprint density at radius 2 is 1.47 bits per heavy atom. The second-order valence-electron chi connectivity index (χ2n) is 9.47. The second-order valence-corrected chi connectivity index (χ2v) is 9.47. The monoisotopic (exact) mass is 520 g/mol. The predicted octanol–water partition coefficient (Wildman–Crippen LogP) is 9.54. The summed E-state index contributed by atoms with van der Waals surface area (Å²) in [7, 11) is 0. The van der Waals surface area contributed by atoms with Crippen LogP contribution in [0.15, 0.2) is 36.4 Å². The van der Waals surface area contributed by atoms with Crippen molar-refractivity contribution in [2.45, 2.75) is 89.7 Å². The van der Waals surface area contributed by atoms with Crippen molar-refractivity contribution in [1.82, 2.24) is 0 Å². The zero-order chi connectivity index (χ0) is 26.5. The quantitative estimate of drug-likeness (QED) is 0.229. The van der Waals surface area contributed by atoms with E-state index in [0.717, 1.165) is 44.1 Å². The van der Waals surface area contributed by atoms with Gasteiger partial charge in [0.15, 0.2) is 11.6 Å². The van der Waals surface area contributed by atoms with Crippen LogP contribution in [0.5, 0.6) is 5.75 Å². The first-order chi connectivity index (χ1) is 16.9. The SMILES string of the molecule is CCCCCC1CCC(c2ccc(C(F)(F)OC(C)c3cc(F)c(OC(F)(F)F)c(F)c3)cc2)CC1. The van der Waals surface area contributed by atoms with E-state index in [9.17, 15) is 30.7 Å². The van der Waals surface area contributed by atoms with Crippen LogP contribution < -0.4 is 4.74 Å². The first-order valence-electron chi connectivity index (χ1n) is 12.3. The van der Waals surface area contributed by atoms with E-state index in [1.807, 2.05) is 0 Å². The van der Waals surface area contributed by atoms with Gasteiger partial charge < -0.3 is 9.47 Å². The molecule has 1 aliphatic carbocycles. The lowest BCUT2D eigenvalue weighted by Crippen LogP contribution is -2.21. The molecule has 2 nitrogen and oxygen atoms in total. The highest BCUT2D eigenvalue weighted by atomic mass is 19.4. The van der Waals surface area contributed by atoms with Crippen molar-refractivity contribution in [3.05, 3.63) is 64.7 Å². The molecule has 0 aromatic heterocycles. The normalized spacial score (nSPS) is 19.8. The minimum absolute atomic E-state index is 0.318. The maximum absolute atomic E-state index is 14.8. The Balaban J connectivity index is 1.62. The molecule has 0 aliphatic heterocycles. The molecule has 0 bridgehead atoms. The van der Waals surface area contributed by atoms with Crippen LogP contribution in [0.3, 0.4) is 0 Å². The van der Waals surface area contributed by atoms with E-state index < -0.39 is 47.1 Å². The van der Waals surface area contributed by atoms with E-state index >= 15 is 0 Å². The molecule has 0 radical (unpaired) electrons. The summed E-state index contributed by atoms with van der Waals surface area (Å²) < 4.78 is 103. The summed E-state index contributed by atoms with van der Waals surface area (Å²) >= 11 is 0. The fourth-order valence-corrected chi connectivity index (χ4v) is 4.80. The van der Waals surface area contributed by atoms with Crippen molar-refractivity contribution in [3.63, 3.8) is 0 Å². The summed E-state index contributed by atoms with van der Waals surface area (Å²) in [6.45, 7) is 3.31. The summed E-state index contributed by atoms with van der Waals surface area (Å²) in [6, 6.07) is 6.82. The number of alkyl halides is 5. The number of unbranched alkanes of at least 4 members (excludes halogenated alkanes) is 2. The predicted molar refractivity (Wildman–Crippen MR) is 122 cm³/mol. The lowest BCUT2D eigenvalue weighted by atomic mass is 9.77. The number of hydrogen-bond acceptors (Lipinski definition) is 2. The minimum atomic E-state index is -5.31. The van der Waals surface area contributed by atoms with Crippen molar-refractivity contribution in [1.29, 1.82) is 0 Å². The Morgan fingerprint density at radius 3 is 2.00 bits per heavy atom. The zero-order valence-electron chi connectivity index (χ0n) is 20.3. The first kappa shape index (κ1) is 28.3. The maximum Gasteiger partial charge on any atom is 0.573 e. The molecule has 1 unspecified atom stereocenters. The van der Waals surface area contributed by atoms with Gasteiger partial charge in [0.2, 0.25) is 5.75 Å². The molecule has 0 heterocycles. The van der Waals surface area contributed by atoms with Crippen molar-refractivity contribution >= 4 is 0 Å². The van der Waals surface area contributed by atoms with Crippen LogP contribution in [-0.2, 0) is 10.8 Å². The van der Waals surface area contributed by atoms with E-state index in [2.05, 4.69) is 11.7 Å². The van der Waals surface area contributed by atoms with Crippen LogP contribution >= 0.6 is 0 Å². The van der Waals surface area contributed by atoms with Crippen molar-refractivity contribution in [2.24, 2.45) is 5.92 Å². The third kappa shape index (κ3) is 7.60. The highest BCUT2D eigenvalue weighted by Crippen LogP contribution is 2.40. The van der Waals surface area contributed by atoms with Gasteiger partial charge in [0.25, 0.3) is 0 Å². The molecule has 2 aromatic carbocycles. The van der Waals surface area contributed by atoms with Crippen LogP contribution in [0.1, 0.15) is 93.9 Å². The third-order valence-electron chi connectivity index (χ3n) is 6.81. The Morgan fingerprint density at radius 1 is 0.889 bits per heavy atom. The largest absolute Gasteiger partial charge is 0.573 e. The van der Waals surface area contributed by atoms with Crippen molar-refractivity contribution in [3.8, 4) is 5.75 Å². The van der Waals surface area contributed by atoms with Gasteiger partial charge in [-0.3, -0.25) is 0 Å². The lowest BCUT2D eigenvalue weighted by Gasteiger charge is -2.29. The summed E-state index contributed by atoms with van der Waals surface area (Å²) in [5.41, 5.74) is 0.162. The van der Waals surface area contributed by atoms with Crippen LogP contribution in [0.25, 0.3) is 0 Å². The van der Waals surface area contributed by atoms with Crippen LogP contribution in [-0.4, -0.2) is 6.36 Å². The highest BCUT2D eigenvalue weighted by Gasteiger charge is 2.37. The molecule has 1 aliphatic rings. The van der Waals surface area contributed by atoms with E-state index in [0.29, 0.717) is 18.1 Å².